The summed E-state index contributed by atoms with van der Waals surface area (Å²) in [7, 11) is 0. The van der Waals surface area contributed by atoms with Gasteiger partial charge >= 0.3 is 0 Å². The van der Waals surface area contributed by atoms with Crippen molar-refractivity contribution < 1.29 is 4.79 Å². The average molecular weight is 258 g/mol. The van der Waals surface area contributed by atoms with Crippen molar-refractivity contribution >= 4 is 28.3 Å². The minimum Gasteiger partial charge on any atom is -0.298 e. The van der Waals surface area contributed by atoms with Gasteiger partial charge in [-0.1, -0.05) is 57.2 Å². The summed E-state index contributed by atoms with van der Waals surface area (Å²) in [5.41, 5.74) is -0.252. The van der Waals surface area contributed by atoms with E-state index in [4.69, 9.17) is 0 Å². The molecule has 0 aromatic heterocycles. The topological polar surface area (TPSA) is 17.1 Å². The molecule has 2 rings (SSSR count). The van der Waals surface area contributed by atoms with Gasteiger partial charge < -0.3 is 0 Å². The first-order valence-electron chi connectivity index (χ1n) is 6.12. The molecule has 2 aromatic carbocycles. The highest BCUT2D eigenvalue weighted by molar-refractivity contribution is 8.00. The molecule has 0 saturated heterocycles. The maximum atomic E-state index is 12.0. The Morgan fingerprint density at radius 3 is 2.44 bits per heavy atom. The Hall–Kier alpha value is -1.28. The molecule has 0 atom stereocenters. The number of hydrogen-bond acceptors (Lipinski definition) is 2. The zero-order valence-electron chi connectivity index (χ0n) is 11.1. The van der Waals surface area contributed by atoms with Crippen molar-refractivity contribution in [2.45, 2.75) is 25.7 Å². The predicted octanol–water partition coefficient (Wildman–Crippen LogP) is 4.55. The Labute approximate surface area is 113 Å². The zero-order valence-corrected chi connectivity index (χ0v) is 11.9. The molecule has 0 aliphatic carbocycles. The fourth-order valence-corrected chi connectivity index (χ4v) is 2.92. The standard InChI is InChI=1S/C16H18OS/c1-16(2,3)15(17)11-18-14-10-6-8-12-7-4-5-9-13(12)14/h4-10H,11H2,1-3H3. The number of ketones is 1. The van der Waals surface area contributed by atoms with Crippen molar-refractivity contribution in [3.63, 3.8) is 0 Å². The second kappa shape index (κ2) is 5.15. The SMILES string of the molecule is CC(C)(C)C(=O)CSc1cccc2ccccc12. The van der Waals surface area contributed by atoms with Crippen LogP contribution in [0.2, 0.25) is 0 Å². The fraction of sp³-hybridized carbons (Fsp3) is 0.312. The molecular formula is C16H18OS. The Bertz CT molecular complexity index is 561. The minimum absolute atomic E-state index is 0.252. The number of rotatable bonds is 3. The van der Waals surface area contributed by atoms with E-state index in [1.54, 1.807) is 11.8 Å². The molecule has 2 heteroatoms. The summed E-state index contributed by atoms with van der Waals surface area (Å²) in [6.07, 6.45) is 0. The van der Waals surface area contributed by atoms with Gasteiger partial charge in [0.25, 0.3) is 0 Å². The molecule has 0 N–H and O–H groups in total. The van der Waals surface area contributed by atoms with Crippen LogP contribution in [0.15, 0.2) is 47.4 Å². The van der Waals surface area contributed by atoms with E-state index in [1.165, 1.54) is 15.7 Å². The number of benzene rings is 2. The lowest BCUT2D eigenvalue weighted by molar-refractivity contribution is -0.123. The van der Waals surface area contributed by atoms with E-state index >= 15 is 0 Å². The Morgan fingerprint density at radius 1 is 1.06 bits per heavy atom. The molecule has 94 valence electrons. The van der Waals surface area contributed by atoms with Crippen LogP contribution < -0.4 is 0 Å². The zero-order chi connectivity index (χ0) is 13.2. The molecule has 1 nitrogen and oxygen atoms in total. The van der Waals surface area contributed by atoms with Crippen molar-refractivity contribution in [2.24, 2.45) is 5.41 Å². The molecule has 0 heterocycles. The largest absolute Gasteiger partial charge is 0.298 e. The third-order valence-corrected chi connectivity index (χ3v) is 4.02. The first-order chi connectivity index (χ1) is 8.48. The van der Waals surface area contributed by atoms with Crippen molar-refractivity contribution in [2.75, 3.05) is 5.75 Å². The number of fused-ring (bicyclic) bond motifs is 1. The second-order valence-electron chi connectivity index (χ2n) is 5.44. The summed E-state index contributed by atoms with van der Waals surface area (Å²) in [6, 6.07) is 14.5. The van der Waals surface area contributed by atoms with E-state index in [0.29, 0.717) is 11.5 Å². The van der Waals surface area contributed by atoms with E-state index in [2.05, 4.69) is 24.3 Å². The van der Waals surface area contributed by atoms with Crippen LogP contribution in [-0.4, -0.2) is 11.5 Å². The van der Waals surface area contributed by atoms with Crippen molar-refractivity contribution in [3.8, 4) is 0 Å². The second-order valence-corrected chi connectivity index (χ2v) is 6.46. The number of carbonyl (C=O) groups excluding carboxylic acids is 1. The molecule has 2 aromatic rings. The van der Waals surface area contributed by atoms with Crippen LogP contribution in [0, 0.1) is 5.41 Å². The van der Waals surface area contributed by atoms with Crippen LogP contribution in [0.1, 0.15) is 20.8 Å². The first-order valence-corrected chi connectivity index (χ1v) is 7.11. The molecule has 0 amide bonds. The van der Waals surface area contributed by atoms with Crippen molar-refractivity contribution in [1.29, 1.82) is 0 Å². The third-order valence-electron chi connectivity index (χ3n) is 2.94. The van der Waals surface area contributed by atoms with Gasteiger partial charge in [-0.15, -0.1) is 11.8 Å². The highest BCUT2D eigenvalue weighted by Crippen LogP contribution is 2.29. The molecule has 18 heavy (non-hydrogen) atoms. The molecule has 0 aliphatic rings. The summed E-state index contributed by atoms with van der Waals surface area (Å²) in [5, 5.41) is 2.46. The molecule has 0 radical (unpaired) electrons. The third kappa shape index (κ3) is 2.94. The number of Topliss-reactive ketones (excluding diaryl/α,β-unsaturated/α-hetero) is 1. The van der Waals surface area contributed by atoms with Gasteiger partial charge in [-0.3, -0.25) is 4.79 Å². The van der Waals surface area contributed by atoms with Crippen LogP contribution in [0.5, 0.6) is 0 Å². The van der Waals surface area contributed by atoms with Gasteiger partial charge in [0.1, 0.15) is 5.78 Å². The molecule has 0 bridgehead atoms. The number of carbonyl (C=O) groups is 1. The lowest BCUT2D eigenvalue weighted by atomic mass is 9.92. The van der Waals surface area contributed by atoms with Crippen LogP contribution in [0.4, 0.5) is 0 Å². The molecule has 0 unspecified atom stereocenters. The quantitative estimate of drug-likeness (QED) is 0.751. The van der Waals surface area contributed by atoms with Crippen molar-refractivity contribution in [3.05, 3.63) is 42.5 Å². The normalized spacial score (nSPS) is 11.7. The predicted molar refractivity (Wildman–Crippen MR) is 79.1 cm³/mol. The van der Waals surface area contributed by atoms with Crippen LogP contribution >= 0.6 is 11.8 Å². The van der Waals surface area contributed by atoms with E-state index in [0.717, 1.165) is 0 Å². The summed E-state index contributed by atoms with van der Waals surface area (Å²) in [4.78, 5) is 13.1. The summed E-state index contributed by atoms with van der Waals surface area (Å²) in [6.45, 7) is 5.91. The molecule has 0 saturated carbocycles. The monoisotopic (exact) mass is 258 g/mol. The lowest BCUT2D eigenvalue weighted by Crippen LogP contribution is -2.21. The summed E-state index contributed by atoms with van der Waals surface area (Å²) < 4.78 is 0. The van der Waals surface area contributed by atoms with Crippen LogP contribution in [0.3, 0.4) is 0 Å². The van der Waals surface area contributed by atoms with Gasteiger partial charge in [0.2, 0.25) is 0 Å². The van der Waals surface area contributed by atoms with Gasteiger partial charge in [0, 0.05) is 10.3 Å². The van der Waals surface area contributed by atoms with Crippen molar-refractivity contribution in [1.82, 2.24) is 0 Å². The summed E-state index contributed by atoms with van der Waals surface area (Å²) in [5.74, 6) is 0.831. The van der Waals surface area contributed by atoms with E-state index in [9.17, 15) is 4.79 Å². The summed E-state index contributed by atoms with van der Waals surface area (Å²) >= 11 is 1.64. The minimum atomic E-state index is -0.252. The van der Waals surface area contributed by atoms with Gasteiger partial charge in [-0.2, -0.15) is 0 Å². The molecule has 0 spiro atoms. The molecular weight excluding hydrogens is 240 g/mol. The van der Waals surface area contributed by atoms with E-state index in [1.807, 2.05) is 39.0 Å². The highest BCUT2D eigenvalue weighted by Gasteiger charge is 2.21. The average Bonchev–Trinajstić information content (AvgIpc) is 2.34. The Morgan fingerprint density at radius 2 is 1.72 bits per heavy atom. The van der Waals surface area contributed by atoms with Gasteiger partial charge in [-0.25, -0.2) is 0 Å². The smallest absolute Gasteiger partial charge is 0.148 e. The van der Waals surface area contributed by atoms with E-state index in [-0.39, 0.29) is 5.41 Å². The lowest BCUT2D eigenvalue weighted by Gasteiger charge is -2.16. The first kappa shape index (κ1) is 13.2. The van der Waals surface area contributed by atoms with Gasteiger partial charge in [-0.05, 0) is 16.8 Å². The Kier molecular flexibility index (Phi) is 3.76. The number of thioether (sulfide) groups is 1. The molecule has 0 aliphatic heterocycles. The van der Waals surface area contributed by atoms with Gasteiger partial charge in [0.15, 0.2) is 0 Å². The number of hydrogen-bond donors (Lipinski definition) is 0. The highest BCUT2D eigenvalue weighted by atomic mass is 32.2. The maximum Gasteiger partial charge on any atom is 0.148 e. The maximum absolute atomic E-state index is 12.0. The van der Waals surface area contributed by atoms with E-state index < -0.39 is 0 Å². The van der Waals surface area contributed by atoms with Crippen LogP contribution in [-0.2, 0) is 4.79 Å². The fourth-order valence-electron chi connectivity index (χ4n) is 1.68. The van der Waals surface area contributed by atoms with Gasteiger partial charge in [0.05, 0.1) is 5.75 Å². The molecule has 0 fully saturated rings. The van der Waals surface area contributed by atoms with Crippen LogP contribution in [0.25, 0.3) is 10.8 Å². The Balaban J connectivity index is 2.20.